The van der Waals surface area contributed by atoms with Gasteiger partial charge in [-0.1, -0.05) is 26.2 Å². The summed E-state index contributed by atoms with van der Waals surface area (Å²) in [6, 6.07) is 5.02. The van der Waals surface area contributed by atoms with E-state index in [-0.39, 0.29) is 23.8 Å². The summed E-state index contributed by atoms with van der Waals surface area (Å²) < 4.78 is 0. The third kappa shape index (κ3) is 2.93. The molecule has 1 aromatic carbocycles. The highest BCUT2D eigenvalue weighted by atomic mass is 16.2. The Morgan fingerprint density at radius 3 is 2.42 bits per heavy atom. The normalized spacial score (nSPS) is 24.1. The van der Waals surface area contributed by atoms with Crippen molar-refractivity contribution in [1.29, 1.82) is 0 Å². The number of fused-ring (bicyclic) bond motifs is 1. The molecule has 3 aliphatic rings. The predicted octanol–water partition coefficient (Wildman–Crippen LogP) is 3.49. The molecule has 1 saturated heterocycles. The predicted molar refractivity (Wildman–Crippen MR) is 98.1 cm³/mol. The van der Waals surface area contributed by atoms with E-state index >= 15 is 0 Å². The summed E-state index contributed by atoms with van der Waals surface area (Å²) in [6.45, 7) is 3.69. The number of hydrogen-bond donors (Lipinski definition) is 0. The first-order chi connectivity index (χ1) is 12.6. The van der Waals surface area contributed by atoms with Crippen LogP contribution in [0.3, 0.4) is 0 Å². The highest BCUT2D eigenvalue weighted by Gasteiger charge is 2.40. The summed E-state index contributed by atoms with van der Waals surface area (Å²) in [6.07, 6.45) is 7.25. The van der Waals surface area contributed by atoms with Crippen LogP contribution in [0.1, 0.15) is 82.9 Å². The molecule has 4 rings (SSSR count). The maximum atomic E-state index is 12.9. The van der Waals surface area contributed by atoms with Crippen molar-refractivity contribution in [2.45, 2.75) is 57.9 Å². The molecule has 2 heterocycles. The fraction of sp³-hybridized carbons (Fsp3) is 0.571. The lowest BCUT2D eigenvalue weighted by Gasteiger charge is -2.31. The smallest absolute Gasteiger partial charge is 0.261 e. The Kier molecular flexibility index (Phi) is 4.55. The second-order valence-electron chi connectivity index (χ2n) is 8.03. The van der Waals surface area contributed by atoms with Gasteiger partial charge in [-0.05, 0) is 49.8 Å². The van der Waals surface area contributed by atoms with E-state index < -0.39 is 0 Å². The molecule has 1 atom stereocenters. The summed E-state index contributed by atoms with van der Waals surface area (Å²) in [4.78, 5) is 41.8. The van der Waals surface area contributed by atoms with Crippen LogP contribution in [0.2, 0.25) is 0 Å². The van der Waals surface area contributed by atoms with Gasteiger partial charge in [0, 0.05) is 24.7 Å². The first-order valence-corrected chi connectivity index (χ1v) is 9.87. The maximum Gasteiger partial charge on any atom is 0.261 e. The molecule has 2 fully saturated rings. The highest BCUT2D eigenvalue weighted by molar-refractivity contribution is 6.22. The van der Waals surface area contributed by atoms with Gasteiger partial charge < -0.3 is 4.90 Å². The molecule has 3 amide bonds. The van der Waals surface area contributed by atoms with Crippen LogP contribution in [-0.4, -0.2) is 46.7 Å². The maximum absolute atomic E-state index is 12.9. The molecule has 138 valence electrons. The van der Waals surface area contributed by atoms with E-state index in [1.807, 2.05) is 4.90 Å². The average molecular weight is 354 g/mol. The summed E-state index contributed by atoms with van der Waals surface area (Å²) in [7, 11) is 0. The van der Waals surface area contributed by atoms with Crippen molar-refractivity contribution in [3.05, 3.63) is 34.9 Å². The van der Waals surface area contributed by atoms with Crippen LogP contribution in [-0.2, 0) is 0 Å². The van der Waals surface area contributed by atoms with E-state index in [2.05, 4.69) is 6.92 Å². The van der Waals surface area contributed by atoms with Crippen LogP contribution < -0.4 is 0 Å². The van der Waals surface area contributed by atoms with Gasteiger partial charge in [0.15, 0.2) is 0 Å². The largest absolute Gasteiger partial charge is 0.338 e. The fourth-order valence-corrected chi connectivity index (χ4v) is 4.62. The first-order valence-electron chi connectivity index (χ1n) is 9.87. The van der Waals surface area contributed by atoms with Crippen molar-refractivity contribution in [2.75, 3.05) is 13.1 Å². The van der Waals surface area contributed by atoms with E-state index in [4.69, 9.17) is 0 Å². The van der Waals surface area contributed by atoms with Crippen LogP contribution in [0.4, 0.5) is 0 Å². The molecule has 1 unspecified atom stereocenters. The van der Waals surface area contributed by atoms with E-state index in [0.29, 0.717) is 22.6 Å². The molecule has 1 aromatic rings. The number of hydrogen-bond acceptors (Lipinski definition) is 3. The molecule has 1 saturated carbocycles. The summed E-state index contributed by atoms with van der Waals surface area (Å²) in [5, 5.41) is 0. The second kappa shape index (κ2) is 6.86. The average Bonchev–Trinajstić information content (AvgIpc) is 2.92. The number of imide groups is 1. The molecule has 26 heavy (non-hydrogen) atoms. The summed E-state index contributed by atoms with van der Waals surface area (Å²) in [5.41, 5.74) is 1.37. The minimum absolute atomic E-state index is 0.0123. The molecule has 2 aliphatic heterocycles. The number of carbonyl (C=O) groups is 3. The number of likely N-dealkylation sites (tertiary alicyclic amines) is 1. The number of carbonyl (C=O) groups excluding carboxylic acids is 3. The summed E-state index contributed by atoms with van der Waals surface area (Å²) in [5.74, 6) is 0.0592. The Labute approximate surface area is 154 Å². The van der Waals surface area contributed by atoms with Crippen molar-refractivity contribution in [3.8, 4) is 0 Å². The SMILES string of the molecule is CC1CCCN(C(=O)c2ccc3c(c2)C(=O)N(C2CCCCC2)C3=O)C1. The van der Waals surface area contributed by atoms with Gasteiger partial charge in [0.25, 0.3) is 17.7 Å². The van der Waals surface area contributed by atoms with Crippen LogP contribution in [0.25, 0.3) is 0 Å². The molecule has 5 heteroatoms. The zero-order valence-electron chi connectivity index (χ0n) is 15.4. The molecule has 1 aliphatic carbocycles. The van der Waals surface area contributed by atoms with Gasteiger partial charge in [0.05, 0.1) is 11.1 Å². The quantitative estimate of drug-likeness (QED) is 0.764. The topological polar surface area (TPSA) is 57.7 Å². The number of piperidine rings is 1. The Hall–Kier alpha value is -2.17. The minimum atomic E-state index is -0.224. The fourth-order valence-electron chi connectivity index (χ4n) is 4.62. The van der Waals surface area contributed by atoms with Crippen molar-refractivity contribution in [3.63, 3.8) is 0 Å². The number of benzene rings is 1. The molecular formula is C21H26N2O3. The Morgan fingerprint density at radius 1 is 0.962 bits per heavy atom. The number of nitrogens with zero attached hydrogens (tertiary/aromatic N) is 2. The van der Waals surface area contributed by atoms with E-state index in [1.165, 1.54) is 11.3 Å². The highest BCUT2D eigenvalue weighted by Crippen LogP contribution is 2.32. The Bertz CT molecular complexity index is 752. The molecule has 5 nitrogen and oxygen atoms in total. The lowest BCUT2D eigenvalue weighted by molar-refractivity contribution is 0.0548. The lowest BCUT2D eigenvalue weighted by atomic mass is 9.94. The number of rotatable bonds is 2. The van der Waals surface area contributed by atoms with Gasteiger partial charge >= 0.3 is 0 Å². The van der Waals surface area contributed by atoms with Gasteiger partial charge in [-0.3, -0.25) is 19.3 Å². The molecule has 0 aromatic heterocycles. The zero-order valence-corrected chi connectivity index (χ0v) is 15.4. The molecule has 0 radical (unpaired) electrons. The van der Waals surface area contributed by atoms with E-state index in [1.54, 1.807) is 18.2 Å². The lowest BCUT2D eigenvalue weighted by Crippen LogP contribution is -2.40. The molecule has 0 bridgehead atoms. The van der Waals surface area contributed by atoms with Crippen molar-refractivity contribution < 1.29 is 14.4 Å². The second-order valence-corrected chi connectivity index (χ2v) is 8.03. The van der Waals surface area contributed by atoms with Gasteiger partial charge in [-0.2, -0.15) is 0 Å². The summed E-state index contributed by atoms with van der Waals surface area (Å²) >= 11 is 0. The van der Waals surface area contributed by atoms with Crippen LogP contribution in [0.5, 0.6) is 0 Å². The zero-order chi connectivity index (χ0) is 18.3. The van der Waals surface area contributed by atoms with Crippen molar-refractivity contribution in [2.24, 2.45) is 5.92 Å². The van der Waals surface area contributed by atoms with Gasteiger partial charge in [-0.15, -0.1) is 0 Å². The molecule has 0 spiro atoms. The third-order valence-corrected chi connectivity index (χ3v) is 6.05. The molecular weight excluding hydrogens is 328 g/mol. The van der Waals surface area contributed by atoms with E-state index in [9.17, 15) is 14.4 Å². The number of amides is 3. The van der Waals surface area contributed by atoms with Crippen molar-refractivity contribution in [1.82, 2.24) is 9.80 Å². The van der Waals surface area contributed by atoms with Gasteiger partial charge in [0.2, 0.25) is 0 Å². The van der Waals surface area contributed by atoms with Crippen LogP contribution in [0.15, 0.2) is 18.2 Å². The van der Waals surface area contributed by atoms with Crippen molar-refractivity contribution >= 4 is 17.7 Å². The van der Waals surface area contributed by atoms with Crippen LogP contribution in [0, 0.1) is 5.92 Å². The first kappa shape index (κ1) is 17.3. The van der Waals surface area contributed by atoms with E-state index in [0.717, 1.165) is 51.6 Å². The standard InChI is InChI=1S/C21H26N2O3/c1-14-6-5-11-22(13-14)19(24)15-9-10-17-18(12-15)21(26)23(20(17)25)16-7-3-2-4-8-16/h9-10,12,14,16H,2-8,11,13H2,1H3. The Morgan fingerprint density at radius 2 is 1.69 bits per heavy atom. The van der Waals surface area contributed by atoms with Gasteiger partial charge in [0.1, 0.15) is 0 Å². The minimum Gasteiger partial charge on any atom is -0.338 e. The monoisotopic (exact) mass is 354 g/mol. The molecule has 0 N–H and O–H groups in total. The third-order valence-electron chi connectivity index (χ3n) is 6.05. The van der Waals surface area contributed by atoms with Gasteiger partial charge in [-0.25, -0.2) is 0 Å². The Balaban J connectivity index is 1.58. The van der Waals surface area contributed by atoms with Crippen LogP contribution >= 0.6 is 0 Å².